The van der Waals surface area contributed by atoms with E-state index in [-0.39, 0.29) is 0 Å². The van der Waals surface area contributed by atoms with Gasteiger partial charge in [0.2, 0.25) is 0 Å². The number of hydrogen-bond acceptors (Lipinski definition) is 4. The van der Waals surface area contributed by atoms with E-state index < -0.39 is 0 Å². The number of fused-ring (bicyclic) bond motifs is 1. The van der Waals surface area contributed by atoms with Gasteiger partial charge in [0.15, 0.2) is 5.13 Å². The third-order valence-electron chi connectivity index (χ3n) is 5.13. The SMILES string of the molecule is CCCNC(C)c1cnc(N2CCCC3CCCCC32)s1. The molecule has 4 heteroatoms. The van der Waals surface area contributed by atoms with Crippen LogP contribution in [-0.4, -0.2) is 24.1 Å². The van der Waals surface area contributed by atoms with Crippen LogP contribution in [0.5, 0.6) is 0 Å². The van der Waals surface area contributed by atoms with Crippen LogP contribution in [-0.2, 0) is 0 Å². The Bertz CT molecular complexity index is 443. The average Bonchev–Trinajstić information content (AvgIpc) is 3.02. The lowest BCUT2D eigenvalue weighted by Crippen LogP contribution is -2.46. The predicted molar refractivity (Wildman–Crippen MR) is 91.1 cm³/mol. The van der Waals surface area contributed by atoms with Crippen molar-refractivity contribution in [3.8, 4) is 0 Å². The van der Waals surface area contributed by atoms with Gasteiger partial charge in [0.1, 0.15) is 0 Å². The van der Waals surface area contributed by atoms with Crippen molar-refractivity contribution < 1.29 is 0 Å². The Morgan fingerprint density at radius 2 is 2.14 bits per heavy atom. The van der Waals surface area contributed by atoms with E-state index in [1.165, 1.54) is 61.5 Å². The van der Waals surface area contributed by atoms with Crippen LogP contribution in [0.25, 0.3) is 0 Å². The van der Waals surface area contributed by atoms with Crippen molar-refractivity contribution in [2.45, 2.75) is 70.9 Å². The second-order valence-electron chi connectivity index (χ2n) is 6.67. The van der Waals surface area contributed by atoms with E-state index in [0.717, 1.165) is 18.5 Å². The molecule has 1 aliphatic heterocycles. The fourth-order valence-electron chi connectivity index (χ4n) is 3.93. The van der Waals surface area contributed by atoms with Crippen LogP contribution in [0.2, 0.25) is 0 Å². The van der Waals surface area contributed by atoms with Gasteiger partial charge in [-0.3, -0.25) is 0 Å². The van der Waals surface area contributed by atoms with Crippen LogP contribution in [0.15, 0.2) is 6.20 Å². The molecule has 2 heterocycles. The second-order valence-corrected chi connectivity index (χ2v) is 7.71. The Morgan fingerprint density at radius 1 is 1.33 bits per heavy atom. The monoisotopic (exact) mass is 307 g/mol. The molecule has 1 aliphatic carbocycles. The second kappa shape index (κ2) is 7.10. The molecule has 118 valence electrons. The number of nitrogens with zero attached hydrogens (tertiary/aromatic N) is 2. The van der Waals surface area contributed by atoms with Crippen LogP contribution in [0.3, 0.4) is 0 Å². The zero-order valence-corrected chi connectivity index (χ0v) is 14.3. The molecule has 1 aromatic heterocycles. The van der Waals surface area contributed by atoms with E-state index in [4.69, 9.17) is 4.98 Å². The van der Waals surface area contributed by atoms with Gasteiger partial charge in [-0.15, -0.1) is 11.3 Å². The molecule has 2 aliphatic rings. The maximum absolute atomic E-state index is 4.76. The zero-order chi connectivity index (χ0) is 14.7. The Morgan fingerprint density at radius 3 is 3.00 bits per heavy atom. The highest BCUT2D eigenvalue weighted by Gasteiger charge is 2.34. The lowest BCUT2D eigenvalue weighted by molar-refractivity contribution is 0.243. The predicted octanol–water partition coefficient (Wildman–Crippen LogP) is 4.36. The molecule has 21 heavy (non-hydrogen) atoms. The van der Waals surface area contributed by atoms with E-state index in [1.807, 2.05) is 11.3 Å². The molecule has 3 nitrogen and oxygen atoms in total. The minimum Gasteiger partial charge on any atom is -0.345 e. The number of anilines is 1. The summed E-state index contributed by atoms with van der Waals surface area (Å²) in [4.78, 5) is 8.78. The highest BCUT2D eigenvalue weighted by Crippen LogP contribution is 2.39. The molecule has 1 saturated carbocycles. The van der Waals surface area contributed by atoms with Gasteiger partial charge < -0.3 is 10.2 Å². The normalized spacial score (nSPS) is 27.4. The van der Waals surface area contributed by atoms with Crippen molar-refractivity contribution in [1.82, 2.24) is 10.3 Å². The number of nitrogens with one attached hydrogen (secondary N) is 1. The van der Waals surface area contributed by atoms with Gasteiger partial charge in [-0.2, -0.15) is 0 Å². The highest BCUT2D eigenvalue weighted by molar-refractivity contribution is 7.15. The minimum atomic E-state index is 0.433. The maximum Gasteiger partial charge on any atom is 0.185 e. The van der Waals surface area contributed by atoms with Gasteiger partial charge in [0.05, 0.1) is 0 Å². The van der Waals surface area contributed by atoms with Crippen molar-refractivity contribution in [3.63, 3.8) is 0 Å². The number of rotatable bonds is 5. The van der Waals surface area contributed by atoms with Crippen molar-refractivity contribution in [2.75, 3.05) is 18.0 Å². The smallest absolute Gasteiger partial charge is 0.185 e. The number of thiazole rings is 1. The summed E-state index contributed by atoms with van der Waals surface area (Å²) in [5, 5.41) is 4.84. The summed E-state index contributed by atoms with van der Waals surface area (Å²) >= 11 is 1.91. The summed E-state index contributed by atoms with van der Waals surface area (Å²) in [6.07, 6.45) is 11.7. The molecule has 0 bridgehead atoms. The molecular formula is C17H29N3S. The van der Waals surface area contributed by atoms with Gasteiger partial charge in [0.25, 0.3) is 0 Å². The fraction of sp³-hybridized carbons (Fsp3) is 0.824. The summed E-state index contributed by atoms with van der Waals surface area (Å²) in [7, 11) is 0. The topological polar surface area (TPSA) is 28.2 Å². The van der Waals surface area contributed by atoms with Gasteiger partial charge in [-0.1, -0.05) is 19.8 Å². The first kappa shape index (κ1) is 15.3. The molecule has 2 fully saturated rings. The van der Waals surface area contributed by atoms with Gasteiger partial charge in [0, 0.05) is 29.7 Å². The van der Waals surface area contributed by atoms with E-state index >= 15 is 0 Å². The quantitative estimate of drug-likeness (QED) is 0.876. The minimum absolute atomic E-state index is 0.433. The Balaban J connectivity index is 1.69. The van der Waals surface area contributed by atoms with Crippen molar-refractivity contribution in [1.29, 1.82) is 0 Å². The summed E-state index contributed by atoms with van der Waals surface area (Å²) in [5.41, 5.74) is 0. The summed E-state index contributed by atoms with van der Waals surface area (Å²) < 4.78 is 0. The van der Waals surface area contributed by atoms with Crippen LogP contribution in [0.4, 0.5) is 5.13 Å². The third-order valence-corrected chi connectivity index (χ3v) is 6.34. The van der Waals surface area contributed by atoms with Crippen LogP contribution in [0, 0.1) is 5.92 Å². The lowest BCUT2D eigenvalue weighted by Gasteiger charge is -2.44. The van der Waals surface area contributed by atoms with Crippen molar-refractivity contribution in [3.05, 3.63) is 11.1 Å². The molecule has 3 rings (SSSR count). The summed E-state index contributed by atoms with van der Waals surface area (Å²) in [5.74, 6) is 0.926. The molecule has 1 N–H and O–H groups in total. The van der Waals surface area contributed by atoms with E-state index in [2.05, 4.69) is 30.3 Å². The number of hydrogen-bond donors (Lipinski definition) is 1. The summed E-state index contributed by atoms with van der Waals surface area (Å²) in [6, 6.07) is 1.20. The maximum atomic E-state index is 4.76. The molecule has 3 unspecified atom stereocenters. The van der Waals surface area contributed by atoms with Gasteiger partial charge >= 0.3 is 0 Å². The fourth-order valence-corrected chi connectivity index (χ4v) is 4.96. The van der Waals surface area contributed by atoms with Crippen molar-refractivity contribution in [2.24, 2.45) is 5.92 Å². The van der Waals surface area contributed by atoms with E-state index in [9.17, 15) is 0 Å². The van der Waals surface area contributed by atoms with E-state index in [0.29, 0.717) is 6.04 Å². The van der Waals surface area contributed by atoms with Gasteiger partial charge in [-0.05, 0) is 51.5 Å². The molecule has 0 radical (unpaired) electrons. The standard InChI is InChI=1S/C17H29N3S/c1-3-10-18-13(2)16-12-19-17(21-16)20-11-6-8-14-7-4-5-9-15(14)20/h12-15,18H,3-11H2,1-2H3. The van der Waals surface area contributed by atoms with Crippen LogP contribution in [0.1, 0.15) is 69.7 Å². The first-order valence-electron chi connectivity index (χ1n) is 8.75. The Hall–Kier alpha value is -0.610. The van der Waals surface area contributed by atoms with Gasteiger partial charge in [-0.25, -0.2) is 4.98 Å². The molecular weight excluding hydrogens is 278 g/mol. The van der Waals surface area contributed by atoms with Crippen molar-refractivity contribution >= 4 is 16.5 Å². The molecule has 0 spiro atoms. The largest absolute Gasteiger partial charge is 0.345 e. The van der Waals surface area contributed by atoms with Crippen LogP contribution < -0.4 is 10.2 Å². The number of aromatic nitrogens is 1. The van der Waals surface area contributed by atoms with E-state index in [1.54, 1.807) is 0 Å². The lowest BCUT2D eigenvalue weighted by atomic mass is 9.78. The zero-order valence-electron chi connectivity index (χ0n) is 13.5. The molecule has 1 aromatic rings. The molecule has 0 aromatic carbocycles. The summed E-state index contributed by atoms with van der Waals surface area (Å²) in [6.45, 7) is 6.77. The molecule has 0 amide bonds. The van der Waals surface area contributed by atoms with Crippen LogP contribution >= 0.6 is 11.3 Å². The Labute approximate surface area is 133 Å². The Kier molecular flexibility index (Phi) is 5.17. The first-order chi connectivity index (χ1) is 10.3. The first-order valence-corrected chi connectivity index (χ1v) is 9.57. The molecule has 3 atom stereocenters. The third kappa shape index (κ3) is 3.42. The average molecular weight is 308 g/mol. The molecule has 1 saturated heterocycles. The highest BCUT2D eigenvalue weighted by atomic mass is 32.1. The number of piperidine rings is 1.